The zero-order valence-electron chi connectivity index (χ0n) is 11.2. The van der Waals surface area contributed by atoms with Crippen LogP contribution in [0.25, 0.3) is 0 Å². The SMILES string of the molecule is COc1cc(N)ccc1C(=O)OCc1cc(Br)ccc1F. The van der Waals surface area contributed by atoms with Crippen LogP contribution < -0.4 is 10.5 Å². The molecule has 2 rings (SSSR count). The third-order valence-corrected chi connectivity index (χ3v) is 3.31. The van der Waals surface area contributed by atoms with Crippen molar-refractivity contribution < 1.29 is 18.7 Å². The van der Waals surface area contributed by atoms with Gasteiger partial charge in [-0.2, -0.15) is 0 Å². The summed E-state index contributed by atoms with van der Waals surface area (Å²) in [6.07, 6.45) is 0. The number of methoxy groups -OCH3 is 1. The number of hydrogen-bond acceptors (Lipinski definition) is 4. The van der Waals surface area contributed by atoms with Crippen molar-refractivity contribution in [3.8, 4) is 5.75 Å². The molecule has 0 spiro atoms. The van der Waals surface area contributed by atoms with Gasteiger partial charge in [0.05, 0.1) is 7.11 Å². The van der Waals surface area contributed by atoms with E-state index in [4.69, 9.17) is 15.2 Å². The summed E-state index contributed by atoms with van der Waals surface area (Å²) >= 11 is 3.24. The van der Waals surface area contributed by atoms with E-state index in [2.05, 4.69) is 15.9 Å². The van der Waals surface area contributed by atoms with Crippen LogP contribution in [0, 0.1) is 5.82 Å². The molecule has 6 heteroatoms. The number of nitrogen functional groups attached to an aromatic ring is 1. The van der Waals surface area contributed by atoms with Crippen LogP contribution in [0.15, 0.2) is 40.9 Å². The number of carbonyl (C=O) groups is 1. The number of hydrogen-bond donors (Lipinski definition) is 1. The summed E-state index contributed by atoms with van der Waals surface area (Å²) in [6, 6.07) is 9.03. The van der Waals surface area contributed by atoms with Crippen LogP contribution in [0.5, 0.6) is 5.75 Å². The maximum absolute atomic E-state index is 13.6. The molecule has 0 saturated heterocycles. The van der Waals surface area contributed by atoms with E-state index in [0.717, 1.165) is 0 Å². The molecule has 0 bridgehead atoms. The van der Waals surface area contributed by atoms with Gasteiger partial charge in [0.15, 0.2) is 0 Å². The van der Waals surface area contributed by atoms with E-state index >= 15 is 0 Å². The smallest absolute Gasteiger partial charge is 0.342 e. The standard InChI is InChI=1S/C15H13BrFNO3/c1-20-14-7-11(18)3-4-12(14)15(19)21-8-9-6-10(16)2-5-13(9)17/h2-7H,8,18H2,1H3. The third kappa shape index (κ3) is 3.72. The Kier molecular flexibility index (Phi) is 4.80. The predicted octanol–water partition coefficient (Wildman–Crippen LogP) is 3.54. The van der Waals surface area contributed by atoms with Crippen molar-refractivity contribution >= 4 is 27.6 Å². The Morgan fingerprint density at radius 1 is 1.29 bits per heavy atom. The van der Waals surface area contributed by atoms with Gasteiger partial charge in [-0.05, 0) is 30.3 Å². The van der Waals surface area contributed by atoms with Crippen LogP contribution in [0.1, 0.15) is 15.9 Å². The molecule has 0 aliphatic rings. The summed E-state index contributed by atoms with van der Waals surface area (Å²) in [5, 5.41) is 0. The topological polar surface area (TPSA) is 61.5 Å². The van der Waals surface area contributed by atoms with Crippen molar-refractivity contribution in [3.63, 3.8) is 0 Å². The van der Waals surface area contributed by atoms with Crippen LogP contribution in [-0.2, 0) is 11.3 Å². The minimum Gasteiger partial charge on any atom is -0.496 e. The fourth-order valence-corrected chi connectivity index (χ4v) is 2.16. The molecule has 2 N–H and O–H groups in total. The summed E-state index contributed by atoms with van der Waals surface area (Å²) in [4.78, 5) is 12.0. The molecule has 0 saturated carbocycles. The Bertz CT molecular complexity index is 676. The van der Waals surface area contributed by atoms with E-state index in [-0.39, 0.29) is 17.7 Å². The first-order valence-electron chi connectivity index (χ1n) is 6.06. The fraction of sp³-hybridized carbons (Fsp3) is 0.133. The van der Waals surface area contributed by atoms with Crippen molar-refractivity contribution in [2.75, 3.05) is 12.8 Å². The third-order valence-electron chi connectivity index (χ3n) is 2.81. The molecule has 2 aromatic carbocycles. The first kappa shape index (κ1) is 15.3. The average Bonchev–Trinajstić information content (AvgIpc) is 2.47. The van der Waals surface area contributed by atoms with Crippen molar-refractivity contribution in [1.29, 1.82) is 0 Å². The van der Waals surface area contributed by atoms with Crippen molar-refractivity contribution in [2.24, 2.45) is 0 Å². The molecule has 0 aliphatic heterocycles. The second kappa shape index (κ2) is 6.58. The molecule has 2 aromatic rings. The summed E-state index contributed by atoms with van der Waals surface area (Å²) in [6.45, 7) is -0.169. The van der Waals surface area contributed by atoms with Crippen LogP contribution in [0.3, 0.4) is 0 Å². The molecule has 0 radical (unpaired) electrons. The fourth-order valence-electron chi connectivity index (χ4n) is 1.75. The Morgan fingerprint density at radius 2 is 2.05 bits per heavy atom. The van der Waals surface area contributed by atoms with Crippen LogP contribution in [0.2, 0.25) is 0 Å². The lowest BCUT2D eigenvalue weighted by Crippen LogP contribution is -2.08. The van der Waals surface area contributed by atoms with Gasteiger partial charge in [0.2, 0.25) is 0 Å². The van der Waals surface area contributed by atoms with Crippen molar-refractivity contribution in [1.82, 2.24) is 0 Å². The largest absolute Gasteiger partial charge is 0.496 e. The molecule has 4 nitrogen and oxygen atoms in total. The Morgan fingerprint density at radius 3 is 2.76 bits per heavy atom. The number of halogens is 2. The Balaban J connectivity index is 2.13. The molecule has 21 heavy (non-hydrogen) atoms. The highest BCUT2D eigenvalue weighted by molar-refractivity contribution is 9.10. The number of benzene rings is 2. The van der Waals surface area contributed by atoms with Gasteiger partial charge in [0.25, 0.3) is 0 Å². The highest BCUT2D eigenvalue weighted by atomic mass is 79.9. The second-order valence-corrected chi connectivity index (χ2v) is 5.19. The highest BCUT2D eigenvalue weighted by Crippen LogP contribution is 2.23. The zero-order chi connectivity index (χ0) is 15.4. The van der Waals surface area contributed by atoms with Gasteiger partial charge in [-0.15, -0.1) is 0 Å². The molecular weight excluding hydrogens is 341 g/mol. The van der Waals surface area contributed by atoms with Gasteiger partial charge in [-0.25, -0.2) is 9.18 Å². The average molecular weight is 354 g/mol. The van der Waals surface area contributed by atoms with Gasteiger partial charge in [-0.3, -0.25) is 0 Å². The molecule has 0 unspecified atom stereocenters. The predicted molar refractivity (Wildman–Crippen MR) is 80.6 cm³/mol. The van der Waals surface area contributed by atoms with E-state index in [9.17, 15) is 9.18 Å². The molecule has 0 heterocycles. The zero-order valence-corrected chi connectivity index (χ0v) is 12.8. The summed E-state index contributed by atoms with van der Waals surface area (Å²) in [7, 11) is 1.43. The van der Waals surface area contributed by atoms with Gasteiger partial charge in [0, 0.05) is 21.8 Å². The Hall–Kier alpha value is -2.08. The lowest BCUT2D eigenvalue weighted by atomic mass is 10.2. The number of esters is 1. The molecule has 0 fully saturated rings. The number of carbonyl (C=O) groups excluding carboxylic acids is 1. The van der Waals surface area contributed by atoms with Gasteiger partial charge >= 0.3 is 5.97 Å². The Labute approximate surface area is 129 Å². The first-order valence-corrected chi connectivity index (χ1v) is 6.85. The van der Waals surface area contributed by atoms with E-state index in [0.29, 0.717) is 15.9 Å². The number of nitrogens with two attached hydrogens (primary N) is 1. The second-order valence-electron chi connectivity index (χ2n) is 4.27. The number of ether oxygens (including phenoxy) is 2. The van der Waals surface area contributed by atoms with Crippen LogP contribution >= 0.6 is 15.9 Å². The maximum Gasteiger partial charge on any atom is 0.342 e. The monoisotopic (exact) mass is 353 g/mol. The molecule has 0 aliphatic carbocycles. The van der Waals surface area contributed by atoms with Crippen molar-refractivity contribution in [2.45, 2.75) is 6.61 Å². The molecular formula is C15H13BrFNO3. The quantitative estimate of drug-likeness (QED) is 0.674. The summed E-state index contributed by atoms with van der Waals surface area (Å²) in [5.74, 6) is -0.726. The molecule has 110 valence electrons. The van der Waals surface area contributed by atoms with E-state index < -0.39 is 11.8 Å². The van der Waals surface area contributed by atoms with Gasteiger partial charge in [-0.1, -0.05) is 15.9 Å². The first-order chi connectivity index (χ1) is 10.0. The molecule has 0 aromatic heterocycles. The normalized spacial score (nSPS) is 10.2. The van der Waals surface area contributed by atoms with E-state index in [1.54, 1.807) is 18.2 Å². The molecule has 0 amide bonds. The summed E-state index contributed by atoms with van der Waals surface area (Å²) in [5.41, 5.74) is 6.61. The minimum atomic E-state index is -0.605. The van der Waals surface area contributed by atoms with Crippen LogP contribution in [0.4, 0.5) is 10.1 Å². The van der Waals surface area contributed by atoms with E-state index in [1.807, 2.05) is 0 Å². The molecule has 0 atom stereocenters. The van der Waals surface area contributed by atoms with Crippen molar-refractivity contribution in [3.05, 3.63) is 57.8 Å². The number of rotatable bonds is 4. The maximum atomic E-state index is 13.6. The van der Waals surface area contributed by atoms with E-state index in [1.165, 1.54) is 25.3 Å². The number of anilines is 1. The van der Waals surface area contributed by atoms with Crippen LogP contribution in [-0.4, -0.2) is 13.1 Å². The lowest BCUT2D eigenvalue weighted by molar-refractivity contribution is 0.0465. The highest BCUT2D eigenvalue weighted by Gasteiger charge is 2.15. The van der Waals surface area contributed by atoms with Gasteiger partial charge in [0.1, 0.15) is 23.7 Å². The minimum absolute atomic E-state index is 0.169. The van der Waals surface area contributed by atoms with Gasteiger partial charge < -0.3 is 15.2 Å². The summed E-state index contributed by atoms with van der Waals surface area (Å²) < 4.78 is 24.5. The lowest BCUT2D eigenvalue weighted by Gasteiger charge is -2.10.